The fourth-order valence-corrected chi connectivity index (χ4v) is 2.03. The van der Waals surface area contributed by atoms with Crippen molar-refractivity contribution in [3.8, 4) is 0 Å². The number of hydrogen-bond acceptors (Lipinski definition) is 4. The Kier molecular flexibility index (Phi) is 4.83. The summed E-state index contributed by atoms with van der Waals surface area (Å²) in [6.07, 6.45) is 2.06. The Morgan fingerprint density at radius 3 is 2.74 bits per heavy atom. The Bertz CT molecular complexity index is 775. The van der Waals surface area contributed by atoms with Gasteiger partial charge in [-0.15, -0.1) is 5.10 Å². The number of hydrogen-bond donors (Lipinski definition) is 2. The lowest BCUT2D eigenvalue weighted by molar-refractivity contribution is -0.147. The van der Waals surface area contributed by atoms with E-state index in [9.17, 15) is 14.4 Å². The highest BCUT2D eigenvalue weighted by atomic mass is 16.4. The van der Waals surface area contributed by atoms with Crippen LogP contribution in [0.25, 0.3) is 5.65 Å². The third-order valence-corrected chi connectivity index (χ3v) is 3.69. The predicted octanol–water partition coefficient (Wildman–Crippen LogP) is 0.503. The van der Waals surface area contributed by atoms with Gasteiger partial charge in [0.2, 0.25) is 5.91 Å². The Morgan fingerprint density at radius 2 is 2.09 bits per heavy atom. The molecule has 2 aromatic heterocycles. The van der Waals surface area contributed by atoms with E-state index in [2.05, 4.69) is 10.4 Å². The molecule has 0 aliphatic rings. The van der Waals surface area contributed by atoms with Crippen LogP contribution in [0.3, 0.4) is 0 Å². The number of carbonyl (C=O) groups excluding carboxylic acids is 1. The highest BCUT2D eigenvalue weighted by molar-refractivity contribution is 5.76. The van der Waals surface area contributed by atoms with Gasteiger partial charge in [0.05, 0.1) is 12.0 Å². The second kappa shape index (κ2) is 6.64. The van der Waals surface area contributed by atoms with Gasteiger partial charge in [0.1, 0.15) is 0 Å². The highest BCUT2D eigenvalue weighted by Crippen LogP contribution is 2.19. The van der Waals surface area contributed by atoms with E-state index in [1.807, 2.05) is 0 Å². The molecule has 2 aromatic rings. The number of aliphatic carboxylic acids is 1. The zero-order valence-electron chi connectivity index (χ0n) is 13.2. The molecule has 0 atom stereocenters. The van der Waals surface area contributed by atoms with Crippen LogP contribution >= 0.6 is 0 Å². The largest absolute Gasteiger partial charge is 0.481 e. The number of nitrogens with zero attached hydrogens (tertiary/aromatic N) is 3. The first-order chi connectivity index (χ1) is 10.8. The number of carboxylic acids is 1. The quantitative estimate of drug-likeness (QED) is 0.773. The van der Waals surface area contributed by atoms with Crippen LogP contribution in [0.1, 0.15) is 26.7 Å². The average Bonchev–Trinajstić information content (AvgIpc) is 2.82. The SMILES string of the molecule is CC(C)(CCNC(=O)CCn1nc2ccccn2c1=O)C(=O)O. The molecule has 0 aromatic carbocycles. The van der Waals surface area contributed by atoms with Crippen molar-refractivity contribution in [1.82, 2.24) is 19.5 Å². The summed E-state index contributed by atoms with van der Waals surface area (Å²) in [6.45, 7) is 3.67. The van der Waals surface area contributed by atoms with E-state index in [0.29, 0.717) is 12.1 Å². The number of amides is 1. The topological polar surface area (TPSA) is 106 Å². The van der Waals surface area contributed by atoms with Gasteiger partial charge in [0.15, 0.2) is 5.65 Å². The molecule has 0 spiro atoms. The van der Waals surface area contributed by atoms with E-state index >= 15 is 0 Å². The Morgan fingerprint density at radius 1 is 1.35 bits per heavy atom. The van der Waals surface area contributed by atoms with E-state index in [-0.39, 0.29) is 31.1 Å². The van der Waals surface area contributed by atoms with Crippen molar-refractivity contribution in [2.45, 2.75) is 33.2 Å². The minimum atomic E-state index is -0.900. The van der Waals surface area contributed by atoms with Gasteiger partial charge in [-0.1, -0.05) is 6.07 Å². The number of rotatable bonds is 7. The first-order valence-electron chi connectivity index (χ1n) is 7.35. The van der Waals surface area contributed by atoms with E-state index in [1.165, 1.54) is 9.08 Å². The molecule has 124 valence electrons. The second-order valence-corrected chi connectivity index (χ2v) is 5.97. The van der Waals surface area contributed by atoms with Gasteiger partial charge in [-0.25, -0.2) is 9.48 Å². The molecule has 0 saturated heterocycles. The van der Waals surface area contributed by atoms with Crippen LogP contribution in [-0.2, 0) is 16.1 Å². The first-order valence-corrected chi connectivity index (χ1v) is 7.35. The number of carbonyl (C=O) groups is 2. The highest BCUT2D eigenvalue weighted by Gasteiger charge is 2.26. The number of pyridine rings is 1. The summed E-state index contributed by atoms with van der Waals surface area (Å²) in [5.41, 5.74) is -0.646. The number of aromatic nitrogens is 3. The molecule has 1 amide bonds. The lowest BCUT2D eigenvalue weighted by atomic mass is 9.90. The van der Waals surface area contributed by atoms with Gasteiger partial charge < -0.3 is 10.4 Å². The monoisotopic (exact) mass is 320 g/mol. The molecule has 0 aliphatic heterocycles. The maximum Gasteiger partial charge on any atom is 0.350 e. The van der Waals surface area contributed by atoms with Crippen LogP contribution in [0.5, 0.6) is 0 Å². The van der Waals surface area contributed by atoms with E-state index in [1.54, 1.807) is 38.2 Å². The minimum absolute atomic E-state index is 0.108. The number of aryl methyl sites for hydroxylation is 1. The molecule has 0 radical (unpaired) electrons. The normalized spacial score (nSPS) is 11.6. The van der Waals surface area contributed by atoms with E-state index in [4.69, 9.17) is 5.11 Å². The molecule has 0 unspecified atom stereocenters. The van der Waals surface area contributed by atoms with E-state index < -0.39 is 11.4 Å². The molecular weight excluding hydrogens is 300 g/mol. The molecule has 8 nitrogen and oxygen atoms in total. The van der Waals surface area contributed by atoms with Gasteiger partial charge in [0.25, 0.3) is 0 Å². The third kappa shape index (κ3) is 3.97. The Labute approximate surface area is 132 Å². The van der Waals surface area contributed by atoms with Crippen LogP contribution < -0.4 is 11.0 Å². The molecular formula is C15H20N4O4. The maximum atomic E-state index is 12.0. The summed E-state index contributed by atoms with van der Waals surface area (Å²) in [5, 5.41) is 15.8. The molecule has 0 aliphatic carbocycles. The smallest absolute Gasteiger partial charge is 0.350 e. The van der Waals surface area contributed by atoms with Crippen molar-refractivity contribution in [3.05, 3.63) is 34.9 Å². The lowest BCUT2D eigenvalue weighted by Gasteiger charge is -2.18. The van der Waals surface area contributed by atoms with Crippen molar-refractivity contribution in [2.24, 2.45) is 5.41 Å². The van der Waals surface area contributed by atoms with E-state index in [0.717, 1.165) is 0 Å². The molecule has 23 heavy (non-hydrogen) atoms. The van der Waals surface area contributed by atoms with Crippen molar-refractivity contribution >= 4 is 17.5 Å². The predicted molar refractivity (Wildman–Crippen MR) is 83.1 cm³/mol. The summed E-state index contributed by atoms with van der Waals surface area (Å²) >= 11 is 0. The zero-order chi connectivity index (χ0) is 17.0. The average molecular weight is 320 g/mol. The van der Waals surface area contributed by atoms with Gasteiger partial charge in [-0.2, -0.15) is 0 Å². The Hall–Kier alpha value is -2.64. The molecule has 0 bridgehead atoms. The fraction of sp³-hybridized carbons (Fsp3) is 0.467. The summed E-state index contributed by atoms with van der Waals surface area (Å²) in [7, 11) is 0. The van der Waals surface area contributed by atoms with Gasteiger partial charge in [-0.3, -0.25) is 14.0 Å². The van der Waals surface area contributed by atoms with Crippen LogP contribution in [0, 0.1) is 5.41 Å². The first kappa shape index (κ1) is 16.7. The molecule has 0 saturated carbocycles. The molecule has 2 N–H and O–H groups in total. The van der Waals surface area contributed by atoms with Crippen LogP contribution in [0.15, 0.2) is 29.2 Å². The number of nitrogens with one attached hydrogen (secondary N) is 1. The standard InChI is InChI=1S/C15H20N4O4/c1-15(2,13(21)22)7-8-16-12(20)6-10-19-14(23)18-9-4-3-5-11(18)17-19/h3-5,9H,6-8,10H2,1-2H3,(H,16,20)(H,21,22). The van der Waals surface area contributed by atoms with Gasteiger partial charge in [0, 0.05) is 19.2 Å². The maximum absolute atomic E-state index is 12.0. The summed E-state index contributed by atoms with van der Waals surface area (Å²) < 4.78 is 2.66. The van der Waals surface area contributed by atoms with Crippen LogP contribution in [0.4, 0.5) is 0 Å². The fourth-order valence-electron chi connectivity index (χ4n) is 2.03. The van der Waals surface area contributed by atoms with Crippen molar-refractivity contribution < 1.29 is 14.7 Å². The molecule has 2 heterocycles. The van der Waals surface area contributed by atoms with Crippen LogP contribution in [-0.4, -0.2) is 37.7 Å². The van der Waals surface area contributed by atoms with Crippen molar-refractivity contribution in [3.63, 3.8) is 0 Å². The summed E-state index contributed by atoms with van der Waals surface area (Å²) in [5.74, 6) is -1.14. The zero-order valence-corrected chi connectivity index (χ0v) is 13.2. The third-order valence-electron chi connectivity index (χ3n) is 3.69. The lowest BCUT2D eigenvalue weighted by Crippen LogP contribution is -2.33. The van der Waals surface area contributed by atoms with Crippen molar-refractivity contribution in [2.75, 3.05) is 6.54 Å². The van der Waals surface area contributed by atoms with Crippen molar-refractivity contribution in [1.29, 1.82) is 0 Å². The summed E-state index contributed by atoms with van der Waals surface area (Å²) in [4.78, 5) is 34.8. The summed E-state index contributed by atoms with van der Waals surface area (Å²) in [6, 6.07) is 5.23. The minimum Gasteiger partial charge on any atom is -0.481 e. The van der Waals surface area contributed by atoms with Crippen LogP contribution in [0.2, 0.25) is 0 Å². The Balaban J connectivity index is 1.86. The number of fused-ring (bicyclic) bond motifs is 1. The second-order valence-electron chi connectivity index (χ2n) is 5.97. The van der Waals surface area contributed by atoms with Gasteiger partial charge in [-0.05, 0) is 32.4 Å². The molecule has 2 rings (SSSR count). The number of carboxylic acid groups (broad SMARTS) is 1. The molecule has 8 heteroatoms. The van der Waals surface area contributed by atoms with Gasteiger partial charge >= 0.3 is 11.7 Å². The molecule has 0 fully saturated rings.